The number of rotatable bonds is 7. The molecule has 2 atom stereocenters. The predicted molar refractivity (Wildman–Crippen MR) is 94.1 cm³/mol. The van der Waals surface area contributed by atoms with Crippen molar-refractivity contribution in [1.29, 1.82) is 0 Å². The normalized spacial score (nSPS) is 12.9. The standard InChI is InChI=1S/C18H21N3O4/c1-2-16(14-9-6-10-15(11-14)21(24)25)19-18(23)20-17(12-22)13-7-4-3-5-8-13/h3-11,16-17,22H,2,12H2,1H3,(H2,19,20,23). The molecule has 3 N–H and O–H groups in total. The van der Waals surface area contributed by atoms with Gasteiger partial charge in [-0.2, -0.15) is 0 Å². The van der Waals surface area contributed by atoms with Gasteiger partial charge in [-0.15, -0.1) is 0 Å². The number of amides is 2. The van der Waals surface area contributed by atoms with Crippen LogP contribution < -0.4 is 10.6 Å². The maximum absolute atomic E-state index is 12.3. The van der Waals surface area contributed by atoms with E-state index in [0.717, 1.165) is 5.56 Å². The summed E-state index contributed by atoms with van der Waals surface area (Å²) in [5.41, 5.74) is 1.44. The lowest BCUT2D eigenvalue weighted by Gasteiger charge is -2.21. The molecular weight excluding hydrogens is 322 g/mol. The van der Waals surface area contributed by atoms with Gasteiger partial charge in [0.1, 0.15) is 0 Å². The van der Waals surface area contributed by atoms with Crippen LogP contribution in [0.4, 0.5) is 10.5 Å². The van der Waals surface area contributed by atoms with Gasteiger partial charge in [-0.3, -0.25) is 10.1 Å². The highest BCUT2D eigenvalue weighted by atomic mass is 16.6. The van der Waals surface area contributed by atoms with E-state index in [1.165, 1.54) is 12.1 Å². The first-order valence-electron chi connectivity index (χ1n) is 8.02. The van der Waals surface area contributed by atoms with Crippen molar-refractivity contribution in [3.8, 4) is 0 Å². The molecule has 7 nitrogen and oxygen atoms in total. The minimum Gasteiger partial charge on any atom is -0.394 e. The summed E-state index contributed by atoms with van der Waals surface area (Å²) in [5, 5.41) is 25.9. The molecule has 7 heteroatoms. The van der Waals surface area contributed by atoms with Crippen molar-refractivity contribution < 1.29 is 14.8 Å². The smallest absolute Gasteiger partial charge is 0.315 e. The lowest BCUT2D eigenvalue weighted by molar-refractivity contribution is -0.384. The fourth-order valence-electron chi connectivity index (χ4n) is 2.55. The van der Waals surface area contributed by atoms with Crippen molar-refractivity contribution >= 4 is 11.7 Å². The number of carbonyl (C=O) groups is 1. The monoisotopic (exact) mass is 343 g/mol. The molecule has 0 aromatic heterocycles. The van der Waals surface area contributed by atoms with Crippen LogP contribution in [0.3, 0.4) is 0 Å². The van der Waals surface area contributed by atoms with Gasteiger partial charge in [0, 0.05) is 12.1 Å². The van der Waals surface area contributed by atoms with Crippen LogP contribution in [0.2, 0.25) is 0 Å². The van der Waals surface area contributed by atoms with E-state index in [4.69, 9.17) is 0 Å². The van der Waals surface area contributed by atoms with Crippen LogP contribution in [0.5, 0.6) is 0 Å². The second-order valence-corrected chi connectivity index (χ2v) is 5.58. The molecule has 2 aromatic rings. The number of aliphatic hydroxyl groups excluding tert-OH is 1. The lowest BCUT2D eigenvalue weighted by Crippen LogP contribution is -2.40. The van der Waals surface area contributed by atoms with E-state index >= 15 is 0 Å². The zero-order valence-electron chi connectivity index (χ0n) is 13.9. The number of non-ortho nitro benzene ring substituents is 1. The second-order valence-electron chi connectivity index (χ2n) is 5.58. The molecule has 2 unspecified atom stereocenters. The molecule has 132 valence electrons. The molecule has 0 saturated heterocycles. The van der Waals surface area contributed by atoms with Gasteiger partial charge in [0.05, 0.1) is 23.6 Å². The Bertz CT molecular complexity index is 721. The summed E-state index contributed by atoms with van der Waals surface area (Å²) in [6.45, 7) is 1.65. The molecule has 0 aliphatic heterocycles. The first-order chi connectivity index (χ1) is 12.0. The Labute approximate surface area is 145 Å². The Hall–Kier alpha value is -2.93. The topological polar surface area (TPSA) is 104 Å². The zero-order chi connectivity index (χ0) is 18.2. The number of nitrogens with one attached hydrogen (secondary N) is 2. The van der Waals surface area contributed by atoms with Crippen molar-refractivity contribution in [3.63, 3.8) is 0 Å². The number of nitrogens with zero attached hydrogens (tertiary/aromatic N) is 1. The predicted octanol–water partition coefficient (Wildman–Crippen LogP) is 3.08. The van der Waals surface area contributed by atoms with E-state index in [-0.39, 0.29) is 18.3 Å². The number of hydrogen-bond donors (Lipinski definition) is 3. The van der Waals surface area contributed by atoms with Crippen LogP contribution in [0.25, 0.3) is 0 Å². The molecule has 2 aromatic carbocycles. The maximum atomic E-state index is 12.3. The van der Waals surface area contributed by atoms with Crippen LogP contribution in [0.1, 0.15) is 36.6 Å². The van der Waals surface area contributed by atoms with Gasteiger partial charge in [0.25, 0.3) is 5.69 Å². The quantitative estimate of drug-likeness (QED) is 0.531. The summed E-state index contributed by atoms with van der Waals surface area (Å²) in [6, 6.07) is 14.0. The third-order valence-corrected chi connectivity index (χ3v) is 3.89. The Balaban J connectivity index is 2.06. The molecule has 0 heterocycles. The molecule has 2 amide bonds. The van der Waals surface area contributed by atoms with E-state index in [1.807, 2.05) is 37.3 Å². The summed E-state index contributed by atoms with van der Waals surface area (Å²) >= 11 is 0. The molecule has 0 spiro atoms. The Kier molecular flexibility index (Phi) is 6.47. The Morgan fingerprint density at radius 1 is 1.08 bits per heavy atom. The molecular formula is C18H21N3O4. The molecule has 0 aliphatic rings. The molecule has 0 aliphatic carbocycles. The fraction of sp³-hybridized carbons (Fsp3) is 0.278. The largest absolute Gasteiger partial charge is 0.394 e. The number of urea groups is 1. The average Bonchev–Trinajstić information content (AvgIpc) is 2.65. The third kappa shape index (κ3) is 5.02. The summed E-state index contributed by atoms with van der Waals surface area (Å²) in [6.07, 6.45) is 0.573. The first-order valence-corrected chi connectivity index (χ1v) is 8.02. The van der Waals surface area contributed by atoms with Gasteiger partial charge in [-0.25, -0.2) is 4.79 Å². The highest BCUT2D eigenvalue weighted by Crippen LogP contribution is 2.21. The van der Waals surface area contributed by atoms with E-state index < -0.39 is 17.0 Å². The van der Waals surface area contributed by atoms with Crippen molar-refractivity contribution in [2.45, 2.75) is 25.4 Å². The van der Waals surface area contributed by atoms with E-state index in [1.54, 1.807) is 12.1 Å². The van der Waals surface area contributed by atoms with Gasteiger partial charge < -0.3 is 15.7 Å². The number of benzene rings is 2. The van der Waals surface area contributed by atoms with E-state index in [0.29, 0.717) is 12.0 Å². The Morgan fingerprint density at radius 2 is 1.72 bits per heavy atom. The number of nitro benzene ring substituents is 1. The number of carbonyl (C=O) groups excluding carboxylic acids is 1. The van der Waals surface area contributed by atoms with Gasteiger partial charge in [0.2, 0.25) is 0 Å². The third-order valence-electron chi connectivity index (χ3n) is 3.89. The first kappa shape index (κ1) is 18.4. The number of hydrogen-bond acceptors (Lipinski definition) is 4. The van der Waals surface area contributed by atoms with Gasteiger partial charge in [-0.1, -0.05) is 49.4 Å². The second kappa shape index (κ2) is 8.79. The van der Waals surface area contributed by atoms with Crippen molar-refractivity contribution in [1.82, 2.24) is 10.6 Å². The number of nitro groups is 1. The van der Waals surface area contributed by atoms with Crippen LogP contribution >= 0.6 is 0 Å². The Morgan fingerprint density at radius 3 is 2.32 bits per heavy atom. The van der Waals surface area contributed by atoms with E-state index in [9.17, 15) is 20.0 Å². The summed E-state index contributed by atoms with van der Waals surface area (Å²) in [7, 11) is 0. The highest BCUT2D eigenvalue weighted by Gasteiger charge is 2.18. The SMILES string of the molecule is CCC(NC(=O)NC(CO)c1ccccc1)c1cccc([N+](=O)[O-])c1. The molecule has 0 saturated carbocycles. The highest BCUT2D eigenvalue weighted by molar-refractivity contribution is 5.75. The molecule has 0 bridgehead atoms. The van der Waals surface area contributed by atoms with Crippen LogP contribution in [-0.4, -0.2) is 22.7 Å². The van der Waals surface area contributed by atoms with Gasteiger partial charge in [0.15, 0.2) is 0 Å². The maximum Gasteiger partial charge on any atom is 0.315 e. The van der Waals surface area contributed by atoms with Gasteiger partial charge in [-0.05, 0) is 17.5 Å². The van der Waals surface area contributed by atoms with Crippen LogP contribution in [0, 0.1) is 10.1 Å². The summed E-state index contributed by atoms with van der Waals surface area (Å²) < 4.78 is 0. The van der Waals surface area contributed by atoms with Crippen LogP contribution in [-0.2, 0) is 0 Å². The average molecular weight is 343 g/mol. The van der Waals surface area contributed by atoms with Gasteiger partial charge >= 0.3 is 6.03 Å². The number of aliphatic hydroxyl groups is 1. The molecule has 0 radical (unpaired) electrons. The van der Waals surface area contributed by atoms with Crippen molar-refractivity contribution in [3.05, 3.63) is 75.8 Å². The lowest BCUT2D eigenvalue weighted by atomic mass is 10.0. The zero-order valence-corrected chi connectivity index (χ0v) is 13.9. The van der Waals surface area contributed by atoms with E-state index in [2.05, 4.69) is 10.6 Å². The molecule has 25 heavy (non-hydrogen) atoms. The van der Waals surface area contributed by atoms with Crippen LogP contribution in [0.15, 0.2) is 54.6 Å². The van der Waals surface area contributed by atoms with Crippen molar-refractivity contribution in [2.75, 3.05) is 6.61 Å². The minimum absolute atomic E-state index is 0.0179. The summed E-state index contributed by atoms with van der Waals surface area (Å²) in [4.78, 5) is 22.7. The molecule has 2 rings (SSSR count). The summed E-state index contributed by atoms with van der Waals surface area (Å²) in [5.74, 6) is 0. The fourth-order valence-corrected chi connectivity index (χ4v) is 2.55. The van der Waals surface area contributed by atoms with Crippen molar-refractivity contribution in [2.24, 2.45) is 0 Å². The molecule has 0 fully saturated rings. The minimum atomic E-state index is -0.524.